The minimum atomic E-state index is 0.114. The molecule has 0 unspecified atom stereocenters. The van der Waals surface area contributed by atoms with Gasteiger partial charge in [-0.3, -0.25) is 19.8 Å². The SMILES string of the molecule is c1ccc(C[C@@H]2COCc3cccc(n3)COC[C@@H](Cc3ccccc3)N(Cc3ccccc3)Cc3cccc(n3)CN2Cc2ccccc2)cc1. The first-order chi connectivity index (χ1) is 25.7. The number of aromatic nitrogens is 2. The van der Waals surface area contributed by atoms with Gasteiger partial charge in [0.25, 0.3) is 0 Å². The first-order valence-electron chi connectivity index (χ1n) is 18.4. The van der Waals surface area contributed by atoms with Gasteiger partial charge in [-0.25, -0.2) is 0 Å². The standard InChI is InChI=1S/C46H48N4O2/c1-5-15-37(16-6-1)27-45-35-51-33-43-25-14-26-44(48-43)34-52-36-46(28-38-17-7-2-8-18-38)50(30-40-21-11-4-12-22-40)32-42-24-13-23-41(47-42)31-49(45)29-39-19-9-3-10-20-39/h1-26,45-46H,27-36H2/t45-,46-/m1/s1. The quantitative estimate of drug-likeness (QED) is 0.160. The fourth-order valence-electron chi connectivity index (χ4n) is 7.03. The molecule has 0 spiro atoms. The van der Waals surface area contributed by atoms with Gasteiger partial charge in [0.1, 0.15) is 0 Å². The van der Waals surface area contributed by atoms with E-state index in [1.54, 1.807) is 0 Å². The van der Waals surface area contributed by atoms with Crippen molar-refractivity contribution in [3.8, 4) is 0 Å². The summed E-state index contributed by atoms with van der Waals surface area (Å²) in [6, 6.07) is 55.8. The summed E-state index contributed by atoms with van der Waals surface area (Å²) < 4.78 is 13.0. The molecule has 1 aliphatic heterocycles. The lowest BCUT2D eigenvalue weighted by Crippen LogP contribution is -2.40. The van der Waals surface area contributed by atoms with Gasteiger partial charge in [0.05, 0.1) is 49.2 Å². The van der Waals surface area contributed by atoms with Crippen LogP contribution in [0.15, 0.2) is 158 Å². The first-order valence-corrected chi connectivity index (χ1v) is 18.4. The number of benzene rings is 4. The second-order valence-corrected chi connectivity index (χ2v) is 13.7. The molecule has 0 aliphatic carbocycles. The van der Waals surface area contributed by atoms with Gasteiger partial charge < -0.3 is 9.47 Å². The van der Waals surface area contributed by atoms with E-state index in [9.17, 15) is 0 Å². The molecule has 264 valence electrons. The number of hydrogen-bond donors (Lipinski definition) is 0. The van der Waals surface area contributed by atoms with Crippen LogP contribution in [0.4, 0.5) is 0 Å². The summed E-state index contributed by atoms with van der Waals surface area (Å²) in [5.74, 6) is 0. The number of pyridine rings is 2. The van der Waals surface area contributed by atoms with Crippen LogP contribution in [0.25, 0.3) is 0 Å². The summed E-state index contributed by atoms with van der Waals surface area (Å²) in [5, 5.41) is 0. The van der Waals surface area contributed by atoms with Crippen LogP contribution in [-0.2, 0) is 61.7 Å². The third kappa shape index (κ3) is 10.5. The van der Waals surface area contributed by atoms with Gasteiger partial charge in [-0.05, 0) is 59.4 Å². The lowest BCUT2D eigenvalue weighted by atomic mass is 10.0. The fourth-order valence-corrected chi connectivity index (χ4v) is 7.03. The highest BCUT2D eigenvalue weighted by molar-refractivity contribution is 5.21. The van der Waals surface area contributed by atoms with E-state index in [1.807, 2.05) is 12.1 Å². The molecule has 0 saturated heterocycles. The van der Waals surface area contributed by atoms with Crippen LogP contribution < -0.4 is 0 Å². The Morgan fingerprint density at radius 1 is 0.404 bits per heavy atom. The van der Waals surface area contributed by atoms with Gasteiger partial charge in [0, 0.05) is 38.3 Å². The molecular weight excluding hydrogens is 641 g/mol. The lowest BCUT2D eigenvalue weighted by Gasteiger charge is -2.33. The second kappa shape index (κ2) is 18.5. The summed E-state index contributed by atoms with van der Waals surface area (Å²) in [4.78, 5) is 15.4. The topological polar surface area (TPSA) is 50.7 Å². The van der Waals surface area contributed by atoms with E-state index >= 15 is 0 Å². The molecule has 4 aromatic carbocycles. The summed E-state index contributed by atoms with van der Waals surface area (Å²) in [6.07, 6.45) is 1.72. The molecule has 7 rings (SSSR count). The predicted molar refractivity (Wildman–Crippen MR) is 207 cm³/mol. The molecule has 52 heavy (non-hydrogen) atoms. The molecule has 0 radical (unpaired) electrons. The lowest BCUT2D eigenvalue weighted by molar-refractivity contribution is 0.0364. The van der Waals surface area contributed by atoms with E-state index in [-0.39, 0.29) is 12.1 Å². The molecule has 2 atom stereocenters. The average molecular weight is 689 g/mol. The van der Waals surface area contributed by atoms with Crippen LogP contribution >= 0.6 is 0 Å². The Balaban J connectivity index is 1.25. The molecule has 2 aromatic heterocycles. The smallest absolute Gasteiger partial charge is 0.0888 e. The van der Waals surface area contributed by atoms with Gasteiger partial charge in [0.15, 0.2) is 0 Å². The Kier molecular flexibility index (Phi) is 12.6. The zero-order valence-corrected chi connectivity index (χ0v) is 29.8. The van der Waals surface area contributed by atoms with Crippen LogP contribution in [0, 0.1) is 0 Å². The second-order valence-electron chi connectivity index (χ2n) is 13.7. The maximum atomic E-state index is 6.51. The predicted octanol–water partition coefficient (Wildman–Crippen LogP) is 8.45. The van der Waals surface area contributed by atoms with E-state index in [2.05, 4.69) is 155 Å². The van der Waals surface area contributed by atoms with Crippen molar-refractivity contribution in [3.63, 3.8) is 0 Å². The maximum absolute atomic E-state index is 6.51. The van der Waals surface area contributed by atoms with Gasteiger partial charge in [0.2, 0.25) is 0 Å². The largest absolute Gasteiger partial charge is 0.374 e. The summed E-state index contributed by atoms with van der Waals surface area (Å²) >= 11 is 0. The Labute approximate surface area is 308 Å². The minimum absolute atomic E-state index is 0.114. The highest BCUT2D eigenvalue weighted by Crippen LogP contribution is 2.21. The van der Waals surface area contributed by atoms with Crippen LogP contribution in [0.2, 0.25) is 0 Å². The summed E-state index contributed by atoms with van der Waals surface area (Å²) in [7, 11) is 0. The van der Waals surface area contributed by atoms with E-state index in [1.165, 1.54) is 22.3 Å². The molecule has 4 bridgehead atoms. The number of nitrogens with zero attached hydrogens (tertiary/aromatic N) is 4. The fraction of sp³-hybridized carbons (Fsp3) is 0.261. The highest BCUT2D eigenvalue weighted by atomic mass is 16.5. The van der Waals surface area contributed by atoms with Crippen molar-refractivity contribution in [2.75, 3.05) is 13.2 Å². The monoisotopic (exact) mass is 688 g/mol. The van der Waals surface area contributed by atoms with Gasteiger partial charge in [-0.1, -0.05) is 133 Å². The summed E-state index contributed by atoms with van der Waals surface area (Å²) in [6.45, 7) is 4.99. The van der Waals surface area contributed by atoms with Crippen molar-refractivity contribution in [3.05, 3.63) is 203 Å². The maximum Gasteiger partial charge on any atom is 0.0888 e. The zero-order chi connectivity index (χ0) is 35.2. The van der Waals surface area contributed by atoms with Crippen molar-refractivity contribution in [2.24, 2.45) is 0 Å². The Hall–Kier alpha value is -4.98. The first kappa shape index (κ1) is 35.4. The molecular formula is C46H48N4O2. The van der Waals surface area contributed by atoms with Crippen LogP contribution in [-0.4, -0.2) is 45.1 Å². The van der Waals surface area contributed by atoms with E-state index in [0.29, 0.717) is 39.5 Å². The Bertz CT molecular complexity index is 1790. The third-order valence-electron chi connectivity index (χ3n) is 9.70. The summed E-state index contributed by atoms with van der Waals surface area (Å²) in [5.41, 5.74) is 9.05. The van der Waals surface area contributed by atoms with Gasteiger partial charge in [-0.15, -0.1) is 0 Å². The van der Waals surface area contributed by atoms with Gasteiger partial charge in [-0.2, -0.15) is 0 Å². The van der Waals surface area contributed by atoms with Crippen molar-refractivity contribution >= 4 is 0 Å². The van der Waals surface area contributed by atoms with Crippen LogP contribution in [0.5, 0.6) is 0 Å². The van der Waals surface area contributed by atoms with E-state index < -0.39 is 0 Å². The van der Waals surface area contributed by atoms with Crippen LogP contribution in [0.3, 0.4) is 0 Å². The molecule has 0 N–H and O–H groups in total. The number of ether oxygens (including phenoxy) is 2. The Morgan fingerprint density at radius 2 is 0.750 bits per heavy atom. The molecule has 6 heteroatoms. The minimum Gasteiger partial charge on any atom is -0.374 e. The third-order valence-corrected chi connectivity index (χ3v) is 9.70. The number of rotatable bonds is 8. The molecule has 3 heterocycles. The van der Waals surface area contributed by atoms with E-state index in [4.69, 9.17) is 19.4 Å². The van der Waals surface area contributed by atoms with E-state index in [0.717, 1.165) is 48.7 Å². The van der Waals surface area contributed by atoms with Crippen molar-refractivity contribution in [1.82, 2.24) is 19.8 Å². The van der Waals surface area contributed by atoms with Crippen molar-refractivity contribution < 1.29 is 9.47 Å². The molecule has 6 aromatic rings. The van der Waals surface area contributed by atoms with Crippen molar-refractivity contribution in [1.29, 1.82) is 0 Å². The van der Waals surface area contributed by atoms with Crippen molar-refractivity contribution in [2.45, 2.75) is 64.3 Å². The average Bonchev–Trinajstić information content (AvgIpc) is 3.18. The molecule has 0 fully saturated rings. The molecule has 0 saturated carbocycles. The molecule has 0 amide bonds. The van der Waals surface area contributed by atoms with Gasteiger partial charge >= 0.3 is 0 Å². The number of hydrogen-bond acceptors (Lipinski definition) is 6. The molecule has 6 nitrogen and oxygen atoms in total. The number of fused-ring (bicyclic) bond motifs is 4. The zero-order valence-electron chi connectivity index (χ0n) is 29.8. The highest BCUT2D eigenvalue weighted by Gasteiger charge is 2.24. The Morgan fingerprint density at radius 3 is 1.15 bits per heavy atom. The van der Waals surface area contributed by atoms with Crippen LogP contribution in [0.1, 0.15) is 45.0 Å². The normalized spacial score (nSPS) is 17.9. The molecule has 1 aliphatic rings.